The molecule has 1 aromatic rings. The topological polar surface area (TPSA) is 64.3 Å². The highest BCUT2D eigenvalue weighted by molar-refractivity contribution is 5.90. The van der Waals surface area contributed by atoms with E-state index >= 15 is 0 Å². The van der Waals surface area contributed by atoms with Gasteiger partial charge in [0, 0.05) is 12.2 Å². The molecule has 1 rings (SSSR count). The molecule has 0 atom stereocenters. The lowest BCUT2D eigenvalue weighted by atomic mass is 9.94. The number of carbonyl (C=O) groups is 1. The summed E-state index contributed by atoms with van der Waals surface area (Å²) in [6.07, 6.45) is 0. The molecule has 0 aliphatic rings. The van der Waals surface area contributed by atoms with Gasteiger partial charge in [-0.25, -0.2) is 4.79 Å². The van der Waals surface area contributed by atoms with E-state index < -0.39 is 0 Å². The number of esters is 1. The molecule has 0 heterocycles. The van der Waals surface area contributed by atoms with Crippen molar-refractivity contribution < 1.29 is 9.53 Å². The van der Waals surface area contributed by atoms with Gasteiger partial charge in [0.25, 0.3) is 0 Å². The third-order valence-electron chi connectivity index (χ3n) is 2.61. The molecule has 0 saturated heterocycles. The molecule has 94 valence electrons. The minimum absolute atomic E-state index is 0.0290. The number of nitrogens with one attached hydrogen (secondary N) is 1. The number of rotatable bonds is 5. The van der Waals surface area contributed by atoms with Crippen LogP contribution in [0.15, 0.2) is 24.3 Å². The summed E-state index contributed by atoms with van der Waals surface area (Å²) in [6, 6.07) is 7.24. The van der Waals surface area contributed by atoms with E-state index in [1.54, 1.807) is 12.1 Å². The zero-order valence-corrected chi connectivity index (χ0v) is 10.6. The molecule has 0 amide bonds. The van der Waals surface area contributed by atoms with Crippen molar-refractivity contribution in [1.82, 2.24) is 0 Å². The summed E-state index contributed by atoms with van der Waals surface area (Å²) in [5.41, 5.74) is 7.13. The molecule has 0 fully saturated rings. The Hall–Kier alpha value is -1.55. The molecular weight excluding hydrogens is 216 g/mol. The molecular formula is C13H20N2O2. The van der Waals surface area contributed by atoms with Crippen molar-refractivity contribution in [3.8, 4) is 0 Å². The van der Waals surface area contributed by atoms with Crippen molar-refractivity contribution in [1.29, 1.82) is 0 Å². The van der Waals surface area contributed by atoms with Crippen molar-refractivity contribution in [2.24, 2.45) is 11.1 Å². The molecule has 0 aliphatic carbocycles. The fourth-order valence-corrected chi connectivity index (χ4v) is 1.29. The van der Waals surface area contributed by atoms with Crippen LogP contribution in [-0.2, 0) is 4.74 Å². The number of ether oxygens (including phenoxy) is 1. The number of hydrogen-bond acceptors (Lipinski definition) is 4. The van der Waals surface area contributed by atoms with Gasteiger partial charge in [-0.3, -0.25) is 0 Å². The van der Waals surface area contributed by atoms with Gasteiger partial charge in [0.05, 0.1) is 12.7 Å². The summed E-state index contributed by atoms with van der Waals surface area (Å²) >= 11 is 0. The summed E-state index contributed by atoms with van der Waals surface area (Å²) in [6.45, 7) is 5.54. The van der Waals surface area contributed by atoms with Crippen LogP contribution >= 0.6 is 0 Å². The third kappa shape index (κ3) is 4.07. The standard InChI is InChI=1S/C13H20N2O2/c1-13(2,8-14)9-15-11-6-4-5-10(7-11)12(16)17-3/h4-7,15H,8-9,14H2,1-3H3. The van der Waals surface area contributed by atoms with Gasteiger partial charge < -0.3 is 15.8 Å². The van der Waals surface area contributed by atoms with E-state index in [0.717, 1.165) is 12.2 Å². The van der Waals surface area contributed by atoms with Crippen LogP contribution in [0.25, 0.3) is 0 Å². The summed E-state index contributed by atoms with van der Waals surface area (Å²) in [5.74, 6) is -0.327. The van der Waals surface area contributed by atoms with Crippen LogP contribution in [-0.4, -0.2) is 26.2 Å². The highest BCUT2D eigenvalue weighted by Crippen LogP contribution is 2.16. The fraction of sp³-hybridized carbons (Fsp3) is 0.462. The van der Waals surface area contributed by atoms with Crippen LogP contribution in [0.5, 0.6) is 0 Å². The molecule has 0 bridgehead atoms. The Labute approximate surface area is 102 Å². The van der Waals surface area contributed by atoms with Crippen molar-refractivity contribution in [2.45, 2.75) is 13.8 Å². The third-order valence-corrected chi connectivity index (χ3v) is 2.61. The molecule has 0 radical (unpaired) electrons. The van der Waals surface area contributed by atoms with E-state index in [-0.39, 0.29) is 11.4 Å². The van der Waals surface area contributed by atoms with Gasteiger partial charge >= 0.3 is 5.97 Å². The van der Waals surface area contributed by atoms with E-state index in [1.165, 1.54) is 7.11 Å². The SMILES string of the molecule is COC(=O)c1cccc(NCC(C)(C)CN)c1. The zero-order valence-electron chi connectivity index (χ0n) is 10.6. The lowest BCUT2D eigenvalue weighted by Crippen LogP contribution is -2.31. The largest absolute Gasteiger partial charge is 0.465 e. The highest BCUT2D eigenvalue weighted by atomic mass is 16.5. The monoisotopic (exact) mass is 236 g/mol. The Bertz CT molecular complexity index is 389. The average Bonchev–Trinajstić information content (AvgIpc) is 2.36. The van der Waals surface area contributed by atoms with Crippen molar-refractivity contribution in [2.75, 3.05) is 25.5 Å². The van der Waals surface area contributed by atoms with Gasteiger partial charge in [-0.15, -0.1) is 0 Å². The lowest BCUT2D eigenvalue weighted by molar-refractivity contribution is 0.0601. The maximum Gasteiger partial charge on any atom is 0.337 e. The minimum Gasteiger partial charge on any atom is -0.465 e. The zero-order chi connectivity index (χ0) is 12.9. The number of nitrogens with two attached hydrogens (primary N) is 1. The first kappa shape index (κ1) is 13.5. The van der Waals surface area contributed by atoms with E-state index in [1.807, 2.05) is 12.1 Å². The second-order valence-corrected chi connectivity index (χ2v) is 4.79. The van der Waals surface area contributed by atoms with Gasteiger partial charge in [0.2, 0.25) is 0 Å². The molecule has 1 aromatic carbocycles. The van der Waals surface area contributed by atoms with Crippen LogP contribution in [0.3, 0.4) is 0 Å². The minimum atomic E-state index is -0.327. The van der Waals surface area contributed by atoms with Crippen LogP contribution < -0.4 is 11.1 Å². The molecule has 0 unspecified atom stereocenters. The lowest BCUT2D eigenvalue weighted by Gasteiger charge is -2.23. The molecule has 17 heavy (non-hydrogen) atoms. The van der Waals surface area contributed by atoms with Crippen LogP contribution in [0, 0.1) is 5.41 Å². The molecule has 0 spiro atoms. The predicted octanol–water partition coefficient (Wildman–Crippen LogP) is 1.87. The van der Waals surface area contributed by atoms with Crippen LogP contribution in [0.1, 0.15) is 24.2 Å². The quantitative estimate of drug-likeness (QED) is 0.766. The normalized spacial score (nSPS) is 11.1. The van der Waals surface area contributed by atoms with Crippen molar-refractivity contribution >= 4 is 11.7 Å². The first-order valence-electron chi connectivity index (χ1n) is 5.61. The smallest absolute Gasteiger partial charge is 0.337 e. The molecule has 0 saturated carbocycles. The van der Waals surface area contributed by atoms with Crippen molar-refractivity contribution in [3.63, 3.8) is 0 Å². The molecule has 3 N–H and O–H groups in total. The average molecular weight is 236 g/mol. The van der Waals surface area contributed by atoms with Gasteiger partial charge in [0.1, 0.15) is 0 Å². The Morgan fingerprint density at radius 2 is 2.18 bits per heavy atom. The number of carbonyl (C=O) groups excluding carboxylic acids is 1. The molecule has 0 aromatic heterocycles. The Balaban J connectivity index is 2.70. The maximum atomic E-state index is 11.4. The van der Waals surface area contributed by atoms with E-state index in [9.17, 15) is 4.79 Å². The highest BCUT2D eigenvalue weighted by Gasteiger charge is 2.15. The fourth-order valence-electron chi connectivity index (χ4n) is 1.29. The van der Waals surface area contributed by atoms with E-state index in [0.29, 0.717) is 12.1 Å². The molecule has 0 aliphatic heterocycles. The Morgan fingerprint density at radius 1 is 1.47 bits per heavy atom. The molecule has 4 heteroatoms. The predicted molar refractivity (Wildman–Crippen MR) is 69.1 cm³/mol. The summed E-state index contributed by atoms with van der Waals surface area (Å²) < 4.78 is 4.67. The Morgan fingerprint density at radius 3 is 2.76 bits per heavy atom. The van der Waals surface area contributed by atoms with Gasteiger partial charge in [0.15, 0.2) is 0 Å². The van der Waals surface area contributed by atoms with Gasteiger partial charge in [-0.2, -0.15) is 0 Å². The van der Waals surface area contributed by atoms with E-state index in [2.05, 4.69) is 23.9 Å². The summed E-state index contributed by atoms with van der Waals surface area (Å²) in [5, 5.41) is 3.27. The number of benzene rings is 1. The van der Waals surface area contributed by atoms with Gasteiger partial charge in [-0.1, -0.05) is 19.9 Å². The summed E-state index contributed by atoms with van der Waals surface area (Å²) in [4.78, 5) is 11.4. The number of methoxy groups -OCH3 is 1. The number of hydrogen-bond donors (Lipinski definition) is 2. The van der Waals surface area contributed by atoms with Crippen LogP contribution in [0.4, 0.5) is 5.69 Å². The van der Waals surface area contributed by atoms with Gasteiger partial charge in [-0.05, 0) is 30.2 Å². The van der Waals surface area contributed by atoms with Crippen LogP contribution in [0.2, 0.25) is 0 Å². The molecule has 4 nitrogen and oxygen atoms in total. The second-order valence-electron chi connectivity index (χ2n) is 4.79. The number of anilines is 1. The second kappa shape index (κ2) is 5.68. The Kier molecular flexibility index (Phi) is 4.52. The van der Waals surface area contributed by atoms with E-state index in [4.69, 9.17) is 5.73 Å². The summed E-state index contributed by atoms with van der Waals surface area (Å²) in [7, 11) is 1.37. The first-order chi connectivity index (χ1) is 7.98. The van der Waals surface area contributed by atoms with Crippen molar-refractivity contribution in [3.05, 3.63) is 29.8 Å². The maximum absolute atomic E-state index is 11.4. The first-order valence-corrected chi connectivity index (χ1v) is 5.61.